The van der Waals surface area contributed by atoms with Gasteiger partial charge in [-0.05, 0) is 42.7 Å². The molecule has 0 aromatic heterocycles. The fourth-order valence-corrected chi connectivity index (χ4v) is 2.74. The molecular weight excluding hydrogens is 380 g/mol. The second-order valence-electron chi connectivity index (χ2n) is 5.60. The van der Waals surface area contributed by atoms with Crippen LogP contribution in [0.5, 0.6) is 5.75 Å². The fraction of sp³-hybridized carbons (Fsp3) is 0.200. The van der Waals surface area contributed by atoms with E-state index in [1.54, 1.807) is 42.5 Å². The Morgan fingerprint density at radius 1 is 1.11 bits per heavy atom. The second kappa shape index (κ2) is 10.1. The van der Waals surface area contributed by atoms with E-state index in [-0.39, 0.29) is 12.5 Å². The van der Waals surface area contributed by atoms with Gasteiger partial charge in [0.1, 0.15) is 5.75 Å². The zero-order valence-corrected chi connectivity index (χ0v) is 16.2. The summed E-state index contributed by atoms with van der Waals surface area (Å²) >= 11 is 1.44. The maximum absolute atomic E-state index is 12.3. The predicted octanol–water partition coefficient (Wildman–Crippen LogP) is 3.04. The molecule has 0 fully saturated rings. The first-order valence-electron chi connectivity index (χ1n) is 8.20. The molecule has 0 unspecified atom stereocenters. The topological polar surface area (TPSA) is 105 Å². The summed E-state index contributed by atoms with van der Waals surface area (Å²) in [5.41, 5.74) is 1.33. The average molecular weight is 398 g/mol. The van der Waals surface area contributed by atoms with Gasteiger partial charge in [0.25, 0.3) is 0 Å². The average Bonchev–Trinajstić information content (AvgIpc) is 2.70. The van der Waals surface area contributed by atoms with Crippen LogP contribution >= 0.6 is 11.8 Å². The number of nitrogens with one attached hydrogen (secondary N) is 1. The van der Waals surface area contributed by atoms with Gasteiger partial charge in [-0.25, -0.2) is 4.79 Å². The first-order chi connectivity index (χ1) is 13.4. The van der Waals surface area contributed by atoms with E-state index in [0.717, 1.165) is 4.90 Å². The third-order valence-electron chi connectivity index (χ3n) is 3.54. The van der Waals surface area contributed by atoms with Gasteiger partial charge in [-0.15, -0.1) is 11.8 Å². The largest absolute Gasteiger partial charge is 0.482 e. The summed E-state index contributed by atoms with van der Waals surface area (Å²) < 4.78 is 10.2. The van der Waals surface area contributed by atoms with Crippen molar-refractivity contribution in [1.82, 2.24) is 0 Å². The number of hydrogen-bond donors (Lipinski definition) is 1. The number of carbonyl (C=O) groups is 3. The van der Waals surface area contributed by atoms with Crippen LogP contribution in [-0.2, 0) is 14.3 Å². The third kappa shape index (κ3) is 6.14. The number of anilines is 1. The Morgan fingerprint density at radius 2 is 1.82 bits per heavy atom. The van der Waals surface area contributed by atoms with Crippen LogP contribution in [-0.4, -0.2) is 37.1 Å². The lowest BCUT2D eigenvalue weighted by atomic mass is 10.1. The predicted molar refractivity (Wildman–Crippen MR) is 104 cm³/mol. The molecule has 2 aromatic rings. The van der Waals surface area contributed by atoms with E-state index < -0.39 is 18.4 Å². The summed E-state index contributed by atoms with van der Waals surface area (Å²) in [6.45, 7) is 0.587. The highest BCUT2D eigenvalue weighted by Crippen LogP contribution is 2.26. The molecule has 7 nitrogen and oxygen atoms in total. The Kier molecular flexibility index (Phi) is 7.60. The minimum absolute atomic E-state index is 0.244. The molecule has 0 aliphatic heterocycles. The SMILES string of the molecule is CSc1ccc(C(=O)COC(=O)COc2ccc(C#N)cc2)cc1NC(C)=O. The molecule has 2 rings (SSSR count). The Balaban J connectivity index is 1.89. The van der Waals surface area contributed by atoms with Gasteiger partial charge >= 0.3 is 5.97 Å². The Bertz CT molecular complexity index is 919. The number of rotatable bonds is 8. The Labute approximate surface area is 166 Å². The fourth-order valence-electron chi connectivity index (χ4n) is 2.21. The van der Waals surface area contributed by atoms with Gasteiger partial charge in [0.2, 0.25) is 5.91 Å². The standard InChI is InChI=1S/C20H18N2O5S/c1-13(23)22-17-9-15(5-8-19(17)28-2)18(24)11-27-20(25)12-26-16-6-3-14(10-21)4-7-16/h3-9H,11-12H2,1-2H3,(H,22,23). The lowest BCUT2D eigenvalue weighted by Crippen LogP contribution is -2.19. The van der Waals surface area contributed by atoms with E-state index in [2.05, 4.69) is 5.32 Å². The van der Waals surface area contributed by atoms with Gasteiger partial charge in [-0.1, -0.05) is 6.07 Å². The maximum atomic E-state index is 12.3. The van der Waals surface area contributed by atoms with Crippen molar-refractivity contribution in [3.05, 3.63) is 53.6 Å². The van der Waals surface area contributed by atoms with Crippen molar-refractivity contribution in [1.29, 1.82) is 5.26 Å². The van der Waals surface area contributed by atoms with E-state index in [0.29, 0.717) is 22.6 Å². The van der Waals surface area contributed by atoms with Crippen LogP contribution in [0.4, 0.5) is 5.69 Å². The van der Waals surface area contributed by atoms with Crippen molar-refractivity contribution < 1.29 is 23.9 Å². The number of amides is 1. The second-order valence-corrected chi connectivity index (χ2v) is 6.45. The zero-order chi connectivity index (χ0) is 20.5. The Morgan fingerprint density at radius 3 is 2.43 bits per heavy atom. The highest BCUT2D eigenvalue weighted by Gasteiger charge is 2.13. The number of ether oxygens (including phenoxy) is 2. The van der Waals surface area contributed by atoms with Gasteiger partial charge in [0, 0.05) is 17.4 Å². The van der Waals surface area contributed by atoms with E-state index in [1.807, 2.05) is 12.3 Å². The van der Waals surface area contributed by atoms with Crippen molar-refractivity contribution in [2.45, 2.75) is 11.8 Å². The number of carbonyl (C=O) groups excluding carboxylic acids is 3. The normalized spacial score (nSPS) is 9.89. The van der Waals surface area contributed by atoms with Crippen LogP contribution in [0.25, 0.3) is 0 Å². The molecule has 0 spiro atoms. The van der Waals surface area contributed by atoms with E-state index in [4.69, 9.17) is 14.7 Å². The number of esters is 1. The summed E-state index contributed by atoms with van der Waals surface area (Å²) in [5, 5.41) is 11.4. The molecule has 1 amide bonds. The number of benzene rings is 2. The molecule has 0 aliphatic rings. The van der Waals surface area contributed by atoms with Crippen molar-refractivity contribution in [3.63, 3.8) is 0 Å². The first kappa shape index (κ1) is 21.0. The lowest BCUT2D eigenvalue weighted by Gasteiger charge is -2.10. The van der Waals surface area contributed by atoms with Crippen LogP contribution < -0.4 is 10.1 Å². The van der Waals surface area contributed by atoms with Gasteiger partial charge in [-0.2, -0.15) is 5.26 Å². The molecule has 0 saturated carbocycles. The number of ketones is 1. The summed E-state index contributed by atoms with van der Waals surface area (Å²) in [4.78, 5) is 36.2. The summed E-state index contributed by atoms with van der Waals surface area (Å²) in [6.07, 6.45) is 1.86. The van der Waals surface area contributed by atoms with Crippen molar-refractivity contribution in [3.8, 4) is 11.8 Å². The summed E-state index contributed by atoms with van der Waals surface area (Å²) in [5.74, 6) is -0.923. The number of hydrogen-bond acceptors (Lipinski definition) is 7. The number of nitrogens with zero attached hydrogens (tertiary/aromatic N) is 1. The number of thioether (sulfide) groups is 1. The van der Waals surface area contributed by atoms with Crippen LogP contribution in [0.3, 0.4) is 0 Å². The van der Waals surface area contributed by atoms with E-state index in [9.17, 15) is 14.4 Å². The molecule has 28 heavy (non-hydrogen) atoms. The highest BCUT2D eigenvalue weighted by molar-refractivity contribution is 7.98. The number of Topliss-reactive ketones (excluding diaryl/α,β-unsaturated/α-hetero) is 1. The van der Waals surface area contributed by atoms with Crippen LogP contribution in [0, 0.1) is 11.3 Å². The van der Waals surface area contributed by atoms with Crippen LogP contribution in [0.2, 0.25) is 0 Å². The van der Waals surface area contributed by atoms with Gasteiger partial charge in [-0.3, -0.25) is 9.59 Å². The van der Waals surface area contributed by atoms with Gasteiger partial charge in [0.05, 0.1) is 17.3 Å². The smallest absolute Gasteiger partial charge is 0.344 e. The molecule has 1 N–H and O–H groups in total. The molecule has 0 saturated heterocycles. The Hall–Kier alpha value is -3.31. The quantitative estimate of drug-likeness (QED) is 0.414. The van der Waals surface area contributed by atoms with Crippen molar-refractivity contribution in [2.24, 2.45) is 0 Å². The molecule has 0 radical (unpaired) electrons. The maximum Gasteiger partial charge on any atom is 0.344 e. The highest BCUT2D eigenvalue weighted by atomic mass is 32.2. The molecule has 0 atom stereocenters. The van der Waals surface area contributed by atoms with Crippen molar-refractivity contribution in [2.75, 3.05) is 24.8 Å². The minimum atomic E-state index is -0.694. The molecule has 0 bridgehead atoms. The van der Waals surface area contributed by atoms with Crippen LogP contribution in [0.15, 0.2) is 47.4 Å². The van der Waals surface area contributed by atoms with Crippen molar-refractivity contribution >= 4 is 35.1 Å². The molecule has 144 valence electrons. The monoisotopic (exact) mass is 398 g/mol. The first-order valence-corrected chi connectivity index (χ1v) is 9.43. The molecule has 2 aromatic carbocycles. The number of nitriles is 1. The van der Waals surface area contributed by atoms with E-state index >= 15 is 0 Å². The minimum Gasteiger partial charge on any atom is -0.482 e. The van der Waals surface area contributed by atoms with Gasteiger partial charge < -0.3 is 14.8 Å². The molecular formula is C20H18N2O5S. The molecule has 8 heteroatoms. The summed E-state index contributed by atoms with van der Waals surface area (Å²) in [7, 11) is 0. The molecule has 0 heterocycles. The summed E-state index contributed by atoms with van der Waals surface area (Å²) in [6, 6.07) is 13.1. The third-order valence-corrected chi connectivity index (χ3v) is 4.33. The van der Waals surface area contributed by atoms with Gasteiger partial charge in [0.15, 0.2) is 19.0 Å². The van der Waals surface area contributed by atoms with E-state index in [1.165, 1.54) is 18.7 Å². The van der Waals surface area contributed by atoms with Crippen LogP contribution in [0.1, 0.15) is 22.8 Å². The molecule has 0 aliphatic carbocycles. The zero-order valence-electron chi connectivity index (χ0n) is 15.4. The lowest BCUT2D eigenvalue weighted by molar-refractivity contribution is -0.144.